The number of nitrogens with one attached hydrogen (secondary N) is 3. The lowest BCUT2D eigenvalue weighted by Crippen LogP contribution is -2.43. The molecule has 43 heavy (non-hydrogen) atoms. The molecule has 1 fully saturated rings. The highest BCUT2D eigenvalue weighted by molar-refractivity contribution is 6.04. The minimum absolute atomic E-state index is 0.0688. The molecule has 0 spiro atoms. The van der Waals surface area contributed by atoms with Gasteiger partial charge in [-0.15, -0.1) is 0 Å². The van der Waals surface area contributed by atoms with Crippen molar-refractivity contribution in [2.75, 3.05) is 36.4 Å². The van der Waals surface area contributed by atoms with E-state index in [1.807, 2.05) is 12.1 Å². The molecule has 0 saturated carbocycles. The number of nitrogens with two attached hydrogens (primary N) is 1. The number of hydrogen-bond acceptors (Lipinski definition) is 8. The predicted molar refractivity (Wildman–Crippen MR) is 159 cm³/mol. The van der Waals surface area contributed by atoms with Gasteiger partial charge in [0, 0.05) is 67.7 Å². The molecule has 1 aliphatic heterocycles. The molecule has 2 aromatic heterocycles. The fraction of sp³-hybridized carbons (Fsp3) is 0.194. The van der Waals surface area contributed by atoms with Crippen LogP contribution in [0.2, 0.25) is 0 Å². The first-order chi connectivity index (χ1) is 20.9. The zero-order chi connectivity index (χ0) is 30.2. The van der Waals surface area contributed by atoms with E-state index >= 15 is 4.39 Å². The summed E-state index contributed by atoms with van der Waals surface area (Å²) in [6.07, 6.45) is 4.30. The van der Waals surface area contributed by atoms with Gasteiger partial charge in [-0.1, -0.05) is 30.3 Å². The van der Waals surface area contributed by atoms with Gasteiger partial charge in [0.2, 0.25) is 17.7 Å². The number of piperazine rings is 1. The van der Waals surface area contributed by atoms with Crippen molar-refractivity contribution in [2.24, 2.45) is 5.73 Å². The molecule has 11 nitrogen and oxygen atoms in total. The Morgan fingerprint density at radius 3 is 2.47 bits per heavy atom. The Labute approximate surface area is 247 Å². The molecule has 5 N–H and O–H groups in total. The van der Waals surface area contributed by atoms with Crippen molar-refractivity contribution in [2.45, 2.75) is 12.5 Å². The van der Waals surface area contributed by atoms with E-state index < -0.39 is 36.0 Å². The van der Waals surface area contributed by atoms with Gasteiger partial charge in [0.25, 0.3) is 0 Å². The zero-order valence-corrected chi connectivity index (χ0v) is 23.1. The van der Waals surface area contributed by atoms with Crippen molar-refractivity contribution in [3.63, 3.8) is 0 Å². The number of carbonyl (C=O) groups is 3. The van der Waals surface area contributed by atoms with E-state index in [0.29, 0.717) is 16.9 Å². The summed E-state index contributed by atoms with van der Waals surface area (Å²) in [6, 6.07) is 16.7. The number of amides is 3. The number of pyridine rings is 2. The number of hydrogen-bond donors (Lipinski definition) is 4. The van der Waals surface area contributed by atoms with E-state index in [4.69, 9.17) is 10.5 Å². The highest BCUT2D eigenvalue weighted by Crippen LogP contribution is 2.34. The second kappa shape index (κ2) is 13.5. The van der Waals surface area contributed by atoms with E-state index in [0.717, 1.165) is 43.6 Å². The summed E-state index contributed by atoms with van der Waals surface area (Å²) >= 11 is 0. The smallest absolute Gasteiger partial charge is 0.244 e. The fourth-order valence-electron chi connectivity index (χ4n) is 4.62. The maximum absolute atomic E-state index is 15.0. The number of nitrogens with zero attached hydrogens (tertiary/aromatic N) is 3. The van der Waals surface area contributed by atoms with Gasteiger partial charge in [0.1, 0.15) is 24.0 Å². The molecule has 1 aliphatic rings. The lowest BCUT2D eigenvalue weighted by molar-refractivity contribution is -0.130. The normalized spacial score (nSPS) is 13.6. The Bertz CT molecular complexity index is 1600. The van der Waals surface area contributed by atoms with Crippen molar-refractivity contribution >= 4 is 29.2 Å². The first-order valence-corrected chi connectivity index (χ1v) is 13.6. The molecule has 0 radical (unpaired) electrons. The Morgan fingerprint density at radius 2 is 1.77 bits per heavy atom. The standard InChI is InChI=1S/C31H30FN7O4/c32-24-16-22(37-28(40)17-29(41)38-30(31(33)42)20-4-2-1-3-5-20)7-8-26(24)43-25-10-11-35-19-23(25)21-6-9-27(36-18-21)39-14-12-34-13-15-39/h1-11,16,18-19,30,34H,12-15,17H2,(H2,33,42)(H,37,40)(H,38,41)/t30-/m1/s1. The predicted octanol–water partition coefficient (Wildman–Crippen LogP) is 3.16. The molecule has 4 aromatic rings. The molecule has 0 unspecified atom stereocenters. The second-order valence-electron chi connectivity index (χ2n) is 9.80. The van der Waals surface area contributed by atoms with Gasteiger partial charge in [-0.25, -0.2) is 9.37 Å². The third-order valence-electron chi connectivity index (χ3n) is 6.76. The van der Waals surface area contributed by atoms with E-state index in [2.05, 4.69) is 30.8 Å². The first kappa shape index (κ1) is 29.1. The SMILES string of the molecule is NC(=O)[C@H](NC(=O)CC(=O)Nc1ccc(Oc2ccncc2-c2ccc(N3CCNCC3)nc2)c(F)c1)c1ccccc1. The molecule has 0 bridgehead atoms. The summed E-state index contributed by atoms with van der Waals surface area (Å²) in [4.78, 5) is 47.7. The van der Waals surface area contributed by atoms with Gasteiger partial charge < -0.3 is 31.3 Å². The molecule has 12 heteroatoms. The van der Waals surface area contributed by atoms with Gasteiger partial charge in [-0.3, -0.25) is 19.4 Å². The maximum atomic E-state index is 15.0. The lowest BCUT2D eigenvalue weighted by Gasteiger charge is -2.28. The molecule has 5 rings (SSSR count). The summed E-state index contributed by atoms with van der Waals surface area (Å²) in [5.41, 5.74) is 7.42. The lowest BCUT2D eigenvalue weighted by atomic mass is 10.1. The summed E-state index contributed by atoms with van der Waals surface area (Å²) in [5.74, 6) is -1.72. The molecule has 0 aliphatic carbocycles. The van der Waals surface area contributed by atoms with Crippen LogP contribution in [0, 0.1) is 5.82 Å². The van der Waals surface area contributed by atoms with Crippen molar-refractivity contribution in [1.82, 2.24) is 20.6 Å². The van der Waals surface area contributed by atoms with Gasteiger partial charge in [-0.2, -0.15) is 0 Å². The average molecular weight is 584 g/mol. The van der Waals surface area contributed by atoms with E-state index in [1.165, 1.54) is 12.1 Å². The first-order valence-electron chi connectivity index (χ1n) is 13.6. The number of ether oxygens (including phenoxy) is 1. The minimum atomic E-state index is -1.09. The fourth-order valence-corrected chi connectivity index (χ4v) is 4.62. The van der Waals surface area contributed by atoms with Crippen LogP contribution in [0.15, 0.2) is 85.3 Å². The van der Waals surface area contributed by atoms with Crippen LogP contribution in [0.1, 0.15) is 18.0 Å². The number of rotatable bonds is 10. The summed E-state index contributed by atoms with van der Waals surface area (Å²) in [6.45, 7) is 3.56. The number of anilines is 2. The van der Waals surface area contributed by atoms with Gasteiger partial charge >= 0.3 is 0 Å². The van der Waals surface area contributed by atoms with Gasteiger partial charge in [-0.05, 0) is 35.9 Å². The second-order valence-corrected chi connectivity index (χ2v) is 9.80. The van der Waals surface area contributed by atoms with Crippen LogP contribution in [0.3, 0.4) is 0 Å². The van der Waals surface area contributed by atoms with Gasteiger partial charge in [0.15, 0.2) is 11.6 Å². The molecule has 3 heterocycles. The van der Waals surface area contributed by atoms with Crippen LogP contribution in [0.25, 0.3) is 11.1 Å². The summed E-state index contributed by atoms with van der Waals surface area (Å²) in [7, 11) is 0. The van der Waals surface area contributed by atoms with Crippen LogP contribution in [0.4, 0.5) is 15.9 Å². The van der Waals surface area contributed by atoms with E-state index in [9.17, 15) is 14.4 Å². The number of halogens is 1. The summed E-state index contributed by atoms with van der Waals surface area (Å²) in [5, 5.41) is 8.25. The number of carbonyl (C=O) groups excluding carboxylic acids is 3. The summed E-state index contributed by atoms with van der Waals surface area (Å²) < 4.78 is 20.9. The Morgan fingerprint density at radius 1 is 0.977 bits per heavy atom. The number of aromatic nitrogens is 2. The Hall–Kier alpha value is -5.36. The maximum Gasteiger partial charge on any atom is 0.244 e. The minimum Gasteiger partial charge on any atom is -0.454 e. The largest absolute Gasteiger partial charge is 0.454 e. The molecular formula is C31H30FN7O4. The van der Waals surface area contributed by atoms with Crippen molar-refractivity contribution in [1.29, 1.82) is 0 Å². The van der Waals surface area contributed by atoms with Crippen LogP contribution >= 0.6 is 0 Å². The molecule has 3 amide bonds. The van der Waals surface area contributed by atoms with Crippen LogP contribution in [0.5, 0.6) is 11.5 Å². The third-order valence-corrected chi connectivity index (χ3v) is 6.76. The van der Waals surface area contributed by atoms with E-state index in [-0.39, 0.29) is 11.4 Å². The molecule has 1 atom stereocenters. The topological polar surface area (TPSA) is 152 Å². The highest BCUT2D eigenvalue weighted by atomic mass is 19.1. The van der Waals surface area contributed by atoms with Gasteiger partial charge in [0.05, 0.1) is 0 Å². The average Bonchev–Trinajstić information content (AvgIpc) is 3.02. The highest BCUT2D eigenvalue weighted by Gasteiger charge is 2.22. The zero-order valence-electron chi connectivity index (χ0n) is 23.1. The van der Waals surface area contributed by atoms with Crippen LogP contribution < -0.4 is 31.3 Å². The van der Waals surface area contributed by atoms with Crippen molar-refractivity contribution in [3.05, 3.63) is 96.7 Å². The van der Waals surface area contributed by atoms with Crippen LogP contribution in [-0.2, 0) is 14.4 Å². The number of benzene rings is 2. The quantitative estimate of drug-likeness (QED) is 0.208. The van der Waals surface area contributed by atoms with E-state index in [1.54, 1.807) is 55.0 Å². The molecule has 2 aromatic carbocycles. The Kier molecular flexibility index (Phi) is 9.17. The monoisotopic (exact) mass is 583 g/mol. The Balaban J connectivity index is 1.21. The molecule has 220 valence electrons. The van der Waals surface area contributed by atoms with Crippen molar-refractivity contribution < 1.29 is 23.5 Å². The molecule has 1 saturated heterocycles. The van der Waals surface area contributed by atoms with Crippen molar-refractivity contribution in [3.8, 4) is 22.6 Å². The number of primary amides is 1. The third kappa shape index (κ3) is 7.49. The molecular weight excluding hydrogens is 553 g/mol. The van der Waals surface area contributed by atoms with Crippen LogP contribution in [-0.4, -0.2) is 53.9 Å².